The van der Waals surface area contributed by atoms with Gasteiger partial charge in [0.2, 0.25) is 5.91 Å². The smallest absolute Gasteiger partial charge is 0.240 e. The Bertz CT molecular complexity index is 311. The van der Waals surface area contributed by atoms with Crippen molar-refractivity contribution in [3.8, 4) is 0 Å². The fourth-order valence-corrected chi connectivity index (χ4v) is 2.81. The molecule has 1 heterocycles. The second-order valence-corrected chi connectivity index (χ2v) is 6.50. The van der Waals surface area contributed by atoms with Gasteiger partial charge in [-0.15, -0.1) is 0 Å². The van der Waals surface area contributed by atoms with Gasteiger partial charge in [0.25, 0.3) is 0 Å². The lowest BCUT2D eigenvalue weighted by Crippen LogP contribution is -2.56. The van der Waals surface area contributed by atoms with Crippen LogP contribution in [-0.4, -0.2) is 55.2 Å². The minimum absolute atomic E-state index is 0.0190. The molecule has 0 saturated carbocycles. The second-order valence-electron chi connectivity index (χ2n) is 6.50. The summed E-state index contributed by atoms with van der Waals surface area (Å²) in [6.07, 6.45) is 2.42. The Balaban J connectivity index is 2.58. The van der Waals surface area contributed by atoms with E-state index < -0.39 is 5.54 Å². The molecule has 0 aromatic heterocycles. The Labute approximate surface area is 129 Å². The molecule has 1 saturated heterocycles. The summed E-state index contributed by atoms with van der Waals surface area (Å²) in [5, 5.41) is 3.08. The van der Waals surface area contributed by atoms with Crippen molar-refractivity contribution < 1.29 is 9.53 Å². The van der Waals surface area contributed by atoms with E-state index >= 15 is 0 Å². The minimum Gasteiger partial charge on any atom is -0.379 e. The molecule has 1 aliphatic heterocycles. The third-order valence-corrected chi connectivity index (χ3v) is 4.52. The summed E-state index contributed by atoms with van der Waals surface area (Å²) in [6, 6.07) is 0.371. The van der Waals surface area contributed by atoms with Gasteiger partial charge >= 0.3 is 0 Å². The van der Waals surface area contributed by atoms with Gasteiger partial charge in [-0.3, -0.25) is 9.69 Å². The van der Waals surface area contributed by atoms with Crippen molar-refractivity contribution in [2.45, 2.75) is 58.5 Å². The predicted octanol–water partition coefficient (Wildman–Crippen LogP) is 1.37. The Morgan fingerprint density at radius 1 is 1.29 bits per heavy atom. The standard InChI is InChI=1S/C16H33N3O2/c1-5-16(17,6-2)15(20)18-12-14(11-13(3)4)19-7-9-21-10-8-19/h13-14H,5-12,17H2,1-4H3,(H,18,20). The largest absolute Gasteiger partial charge is 0.379 e. The lowest BCUT2D eigenvalue weighted by Gasteiger charge is -2.36. The van der Waals surface area contributed by atoms with E-state index in [0.717, 1.165) is 32.7 Å². The Morgan fingerprint density at radius 2 is 1.86 bits per heavy atom. The first-order valence-corrected chi connectivity index (χ1v) is 8.32. The van der Waals surface area contributed by atoms with Crippen LogP contribution in [0.25, 0.3) is 0 Å². The van der Waals surface area contributed by atoms with Crippen LogP contribution in [0.3, 0.4) is 0 Å². The monoisotopic (exact) mass is 299 g/mol. The molecule has 0 bridgehead atoms. The van der Waals surface area contributed by atoms with E-state index in [9.17, 15) is 4.79 Å². The van der Waals surface area contributed by atoms with E-state index in [1.807, 2.05) is 13.8 Å². The van der Waals surface area contributed by atoms with E-state index in [2.05, 4.69) is 24.1 Å². The summed E-state index contributed by atoms with van der Waals surface area (Å²) in [5.74, 6) is 0.587. The quantitative estimate of drug-likeness (QED) is 0.710. The molecule has 0 spiro atoms. The van der Waals surface area contributed by atoms with Crippen LogP contribution < -0.4 is 11.1 Å². The van der Waals surface area contributed by atoms with Gasteiger partial charge in [-0.1, -0.05) is 27.7 Å². The zero-order valence-corrected chi connectivity index (χ0v) is 14.2. The molecule has 1 rings (SSSR count). The number of carbonyl (C=O) groups is 1. The number of nitrogens with zero attached hydrogens (tertiary/aromatic N) is 1. The van der Waals surface area contributed by atoms with E-state index in [4.69, 9.17) is 10.5 Å². The van der Waals surface area contributed by atoms with Crippen molar-refractivity contribution in [3.63, 3.8) is 0 Å². The van der Waals surface area contributed by atoms with Crippen LogP contribution in [0.4, 0.5) is 0 Å². The average molecular weight is 299 g/mol. The first-order chi connectivity index (χ1) is 9.92. The summed E-state index contributed by atoms with van der Waals surface area (Å²) < 4.78 is 5.42. The summed E-state index contributed by atoms with van der Waals surface area (Å²) in [5.41, 5.74) is 5.43. The number of hydrogen-bond acceptors (Lipinski definition) is 4. The highest BCUT2D eigenvalue weighted by molar-refractivity contribution is 5.85. The van der Waals surface area contributed by atoms with E-state index in [1.165, 1.54) is 0 Å². The number of hydrogen-bond donors (Lipinski definition) is 2. The molecule has 3 N–H and O–H groups in total. The van der Waals surface area contributed by atoms with Crippen molar-refractivity contribution >= 4 is 5.91 Å². The number of amides is 1. The van der Waals surface area contributed by atoms with Gasteiger partial charge in [0.05, 0.1) is 18.8 Å². The van der Waals surface area contributed by atoms with Crippen molar-refractivity contribution in [2.24, 2.45) is 11.7 Å². The first-order valence-electron chi connectivity index (χ1n) is 8.32. The van der Waals surface area contributed by atoms with E-state index in [1.54, 1.807) is 0 Å². The maximum absolute atomic E-state index is 12.3. The molecule has 21 heavy (non-hydrogen) atoms. The maximum Gasteiger partial charge on any atom is 0.240 e. The van der Waals surface area contributed by atoms with E-state index in [0.29, 0.717) is 31.3 Å². The van der Waals surface area contributed by atoms with Crippen LogP contribution in [0, 0.1) is 5.92 Å². The molecular weight excluding hydrogens is 266 g/mol. The van der Waals surface area contributed by atoms with Crippen LogP contribution >= 0.6 is 0 Å². The lowest BCUT2D eigenvalue weighted by molar-refractivity contribution is -0.127. The second kappa shape index (κ2) is 8.71. The fraction of sp³-hybridized carbons (Fsp3) is 0.938. The molecule has 1 aliphatic rings. The van der Waals surface area contributed by atoms with E-state index in [-0.39, 0.29) is 5.91 Å². The van der Waals surface area contributed by atoms with Gasteiger partial charge in [0.1, 0.15) is 0 Å². The van der Waals surface area contributed by atoms with Crippen molar-refractivity contribution in [2.75, 3.05) is 32.8 Å². The molecule has 1 fully saturated rings. The zero-order valence-electron chi connectivity index (χ0n) is 14.2. The van der Waals surface area contributed by atoms with Crippen LogP contribution in [0.2, 0.25) is 0 Å². The van der Waals surface area contributed by atoms with Gasteiger partial charge in [0.15, 0.2) is 0 Å². The molecule has 1 atom stereocenters. The van der Waals surface area contributed by atoms with Crippen LogP contribution in [0.1, 0.15) is 47.0 Å². The number of ether oxygens (including phenoxy) is 1. The number of morpholine rings is 1. The Kier molecular flexibility index (Phi) is 7.63. The molecule has 0 aromatic rings. The maximum atomic E-state index is 12.3. The minimum atomic E-state index is -0.729. The molecular formula is C16H33N3O2. The number of nitrogens with two attached hydrogens (primary N) is 1. The molecule has 124 valence electrons. The highest BCUT2D eigenvalue weighted by Gasteiger charge is 2.31. The molecule has 0 radical (unpaired) electrons. The number of carbonyl (C=O) groups excluding carboxylic acids is 1. The highest BCUT2D eigenvalue weighted by atomic mass is 16.5. The van der Waals surface area contributed by atoms with Gasteiger partial charge < -0.3 is 15.8 Å². The van der Waals surface area contributed by atoms with Crippen LogP contribution in [-0.2, 0) is 9.53 Å². The molecule has 0 aliphatic carbocycles. The predicted molar refractivity (Wildman–Crippen MR) is 86.1 cm³/mol. The van der Waals surface area contributed by atoms with Crippen LogP contribution in [0.15, 0.2) is 0 Å². The molecule has 1 amide bonds. The molecule has 5 nitrogen and oxygen atoms in total. The van der Waals surface area contributed by atoms with Crippen molar-refractivity contribution in [1.82, 2.24) is 10.2 Å². The van der Waals surface area contributed by atoms with Crippen molar-refractivity contribution in [3.05, 3.63) is 0 Å². The Morgan fingerprint density at radius 3 is 2.33 bits per heavy atom. The number of nitrogens with one attached hydrogen (secondary N) is 1. The lowest BCUT2D eigenvalue weighted by atomic mass is 9.93. The molecule has 0 aromatic carbocycles. The summed E-state index contributed by atoms with van der Waals surface area (Å²) in [6.45, 7) is 12.5. The summed E-state index contributed by atoms with van der Waals surface area (Å²) in [4.78, 5) is 14.8. The number of rotatable bonds is 8. The third-order valence-electron chi connectivity index (χ3n) is 4.52. The van der Waals surface area contributed by atoms with Gasteiger partial charge in [-0.25, -0.2) is 0 Å². The first kappa shape index (κ1) is 18.4. The van der Waals surface area contributed by atoms with Crippen LogP contribution in [0.5, 0.6) is 0 Å². The van der Waals surface area contributed by atoms with Gasteiger partial charge in [-0.05, 0) is 25.2 Å². The third kappa shape index (κ3) is 5.57. The highest BCUT2D eigenvalue weighted by Crippen LogP contribution is 2.15. The molecule has 1 unspecified atom stereocenters. The van der Waals surface area contributed by atoms with Gasteiger partial charge in [0, 0.05) is 25.7 Å². The fourth-order valence-electron chi connectivity index (χ4n) is 2.81. The average Bonchev–Trinajstić information content (AvgIpc) is 2.50. The van der Waals surface area contributed by atoms with Gasteiger partial charge in [-0.2, -0.15) is 0 Å². The normalized spacial score (nSPS) is 18.8. The Hall–Kier alpha value is -0.650. The zero-order chi connectivity index (χ0) is 15.9. The summed E-state index contributed by atoms with van der Waals surface area (Å²) in [7, 11) is 0. The SMILES string of the molecule is CCC(N)(CC)C(=O)NCC(CC(C)C)N1CCOCC1. The summed E-state index contributed by atoms with van der Waals surface area (Å²) >= 11 is 0. The molecule has 5 heteroatoms. The van der Waals surface area contributed by atoms with Crippen molar-refractivity contribution in [1.29, 1.82) is 0 Å². The topological polar surface area (TPSA) is 67.6 Å².